The SMILES string of the molecule is C[C@H]1Cc2ccccc2N1S(=O)(=O)c1ccc(N2CCCCS2(=O)=O)cc1. The molecule has 144 valence electrons. The first-order chi connectivity index (χ1) is 12.8. The van der Waals surface area contributed by atoms with Crippen molar-refractivity contribution >= 4 is 31.4 Å². The van der Waals surface area contributed by atoms with E-state index in [1.807, 2.05) is 31.2 Å². The predicted octanol–water partition coefficient (Wildman–Crippen LogP) is 2.76. The van der Waals surface area contributed by atoms with E-state index in [0.717, 1.165) is 12.0 Å². The van der Waals surface area contributed by atoms with E-state index in [4.69, 9.17) is 0 Å². The van der Waals surface area contributed by atoms with Crippen LogP contribution in [0.4, 0.5) is 11.4 Å². The highest BCUT2D eigenvalue weighted by Crippen LogP contribution is 2.37. The summed E-state index contributed by atoms with van der Waals surface area (Å²) in [6.45, 7) is 2.33. The van der Waals surface area contributed by atoms with E-state index >= 15 is 0 Å². The Morgan fingerprint density at radius 1 is 1.00 bits per heavy atom. The van der Waals surface area contributed by atoms with Crippen molar-refractivity contribution in [2.45, 2.75) is 37.1 Å². The summed E-state index contributed by atoms with van der Waals surface area (Å²) in [4.78, 5) is 0.171. The monoisotopic (exact) mass is 406 g/mol. The van der Waals surface area contributed by atoms with Crippen LogP contribution in [-0.2, 0) is 26.5 Å². The molecule has 8 heteroatoms. The molecule has 2 aromatic carbocycles. The Kier molecular flexibility index (Phi) is 4.43. The average molecular weight is 407 g/mol. The quantitative estimate of drug-likeness (QED) is 0.786. The summed E-state index contributed by atoms with van der Waals surface area (Å²) < 4.78 is 53.8. The lowest BCUT2D eigenvalue weighted by atomic mass is 10.1. The van der Waals surface area contributed by atoms with Crippen LogP contribution in [0.25, 0.3) is 0 Å². The molecule has 0 saturated carbocycles. The van der Waals surface area contributed by atoms with E-state index in [1.54, 1.807) is 12.1 Å². The number of rotatable bonds is 3. The molecular weight excluding hydrogens is 384 g/mol. The highest BCUT2D eigenvalue weighted by Gasteiger charge is 2.36. The molecule has 1 atom stereocenters. The van der Waals surface area contributed by atoms with Gasteiger partial charge in [-0.25, -0.2) is 16.8 Å². The van der Waals surface area contributed by atoms with Crippen LogP contribution in [0.5, 0.6) is 0 Å². The lowest BCUT2D eigenvalue weighted by molar-refractivity contribution is 0.574. The highest BCUT2D eigenvalue weighted by molar-refractivity contribution is 7.93. The number of hydrogen-bond donors (Lipinski definition) is 0. The molecule has 0 radical (unpaired) electrons. The summed E-state index contributed by atoms with van der Waals surface area (Å²) in [6.07, 6.45) is 2.15. The summed E-state index contributed by atoms with van der Waals surface area (Å²) >= 11 is 0. The van der Waals surface area contributed by atoms with Crippen LogP contribution in [0, 0.1) is 0 Å². The maximum atomic E-state index is 13.2. The van der Waals surface area contributed by atoms with E-state index in [2.05, 4.69) is 0 Å². The van der Waals surface area contributed by atoms with Gasteiger partial charge >= 0.3 is 0 Å². The molecule has 0 spiro atoms. The number of sulfonamides is 2. The van der Waals surface area contributed by atoms with Crippen molar-refractivity contribution < 1.29 is 16.8 Å². The molecule has 1 saturated heterocycles. The molecule has 0 aliphatic carbocycles. The third-order valence-electron chi connectivity index (χ3n) is 5.18. The summed E-state index contributed by atoms with van der Waals surface area (Å²) in [5, 5.41) is 0. The molecule has 0 amide bonds. The fourth-order valence-corrected chi connectivity index (χ4v) is 7.21. The summed E-state index contributed by atoms with van der Waals surface area (Å²) in [5.74, 6) is 0.134. The van der Waals surface area contributed by atoms with Crippen LogP contribution in [-0.4, -0.2) is 35.2 Å². The zero-order valence-corrected chi connectivity index (χ0v) is 16.7. The molecule has 2 heterocycles. The summed E-state index contributed by atoms with van der Waals surface area (Å²) in [6, 6.07) is 13.5. The van der Waals surface area contributed by atoms with E-state index < -0.39 is 20.0 Å². The molecule has 0 unspecified atom stereocenters. The van der Waals surface area contributed by atoms with Gasteiger partial charge in [0, 0.05) is 12.6 Å². The van der Waals surface area contributed by atoms with Crippen molar-refractivity contribution in [2.75, 3.05) is 20.9 Å². The Labute approximate surface area is 160 Å². The highest BCUT2D eigenvalue weighted by atomic mass is 32.2. The van der Waals surface area contributed by atoms with Gasteiger partial charge < -0.3 is 0 Å². The second-order valence-electron chi connectivity index (χ2n) is 7.07. The predicted molar refractivity (Wildman–Crippen MR) is 106 cm³/mol. The van der Waals surface area contributed by atoms with Crippen molar-refractivity contribution in [3.63, 3.8) is 0 Å². The van der Waals surface area contributed by atoms with Crippen LogP contribution in [0.15, 0.2) is 53.4 Å². The minimum Gasteiger partial charge on any atom is -0.270 e. The fraction of sp³-hybridized carbons (Fsp3) is 0.368. The van der Waals surface area contributed by atoms with Crippen molar-refractivity contribution in [1.82, 2.24) is 0 Å². The van der Waals surface area contributed by atoms with Gasteiger partial charge in [0.2, 0.25) is 10.0 Å². The summed E-state index contributed by atoms with van der Waals surface area (Å²) in [5.41, 5.74) is 2.25. The van der Waals surface area contributed by atoms with Crippen molar-refractivity contribution in [3.8, 4) is 0 Å². The first-order valence-electron chi connectivity index (χ1n) is 9.03. The largest absolute Gasteiger partial charge is 0.270 e. The van der Waals surface area contributed by atoms with Crippen LogP contribution < -0.4 is 8.61 Å². The van der Waals surface area contributed by atoms with Gasteiger partial charge in [0.05, 0.1) is 22.0 Å². The minimum absolute atomic E-state index is 0.134. The average Bonchev–Trinajstić information content (AvgIpc) is 2.98. The normalized spacial score (nSPS) is 21.9. The van der Waals surface area contributed by atoms with E-state index in [-0.39, 0.29) is 16.7 Å². The number of benzene rings is 2. The lowest BCUT2D eigenvalue weighted by Gasteiger charge is -2.29. The maximum absolute atomic E-state index is 13.2. The first-order valence-corrected chi connectivity index (χ1v) is 12.1. The third kappa shape index (κ3) is 3.10. The van der Waals surface area contributed by atoms with Gasteiger partial charge in [0.15, 0.2) is 0 Å². The summed E-state index contributed by atoms with van der Waals surface area (Å²) in [7, 11) is -7.03. The number of fused-ring (bicyclic) bond motifs is 1. The van der Waals surface area contributed by atoms with E-state index in [9.17, 15) is 16.8 Å². The molecule has 2 aliphatic rings. The van der Waals surface area contributed by atoms with Gasteiger partial charge in [-0.2, -0.15) is 0 Å². The Balaban J connectivity index is 1.68. The fourth-order valence-electron chi connectivity index (χ4n) is 3.88. The third-order valence-corrected chi connectivity index (χ3v) is 8.99. The zero-order valence-electron chi connectivity index (χ0n) is 15.1. The minimum atomic E-state index is -3.71. The smallest absolute Gasteiger partial charge is 0.264 e. The Morgan fingerprint density at radius 2 is 1.70 bits per heavy atom. The first kappa shape index (κ1) is 18.3. The van der Waals surface area contributed by atoms with Gasteiger partial charge in [-0.3, -0.25) is 8.61 Å². The second kappa shape index (κ2) is 6.53. The van der Waals surface area contributed by atoms with Gasteiger partial charge in [0.1, 0.15) is 0 Å². The van der Waals surface area contributed by atoms with Crippen LogP contribution >= 0.6 is 0 Å². The number of hydrogen-bond acceptors (Lipinski definition) is 4. The Bertz CT molecular complexity index is 1060. The van der Waals surface area contributed by atoms with Crippen molar-refractivity contribution in [3.05, 3.63) is 54.1 Å². The van der Waals surface area contributed by atoms with Crippen LogP contribution in [0.3, 0.4) is 0 Å². The van der Waals surface area contributed by atoms with Crippen molar-refractivity contribution in [2.24, 2.45) is 0 Å². The Hall–Kier alpha value is -2.06. The topological polar surface area (TPSA) is 74.8 Å². The molecule has 0 bridgehead atoms. The van der Waals surface area contributed by atoms with Gasteiger partial charge in [-0.15, -0.1) is 0 Å². The van der Waals surface area contributed by atoms with E-state index in [0.29, 0.717) is 30.8 Å². The van der Waals surface area contributed by atoms with Crippen LogP contribution in [0.1, 0.15) is 25.3 Å². The molecule has 1 fully saturated rings. The number of nitrogens with zero attached hydrogens (tertiary/aromatic N) is 2. The molecule has 0 aromatic heterocycles. The number of anilines is 2. The maximum Gasteiger partial charge on any atom is 0.264 e. The molecule has 4 rings (SSSR count). The van der Waals surface area contributed by atoms with Gasteiger partial charge in [0.25, 0.3) is 10.0 Å². The second-order valence-corrected chi connectivity index (χ2v) is 10.9. The standard InChI is InChI=1S/C19H22N2O4S2/c1-15-14-16-6-2-3-7-19(16)21(15)27(24,25)18-10-8-17(9-11-18)20-12-4-5-13-26(20,22)23/h2-3,6-11,15H,4-5,12-14H2,1H3/t15-/m0/s1. The Morgan fingerprint density at radius 3 is 2.41 bits per heavy atom. The zero-order chi connectivity index (χ0) is 19.2. The molecular formula is C19H22N2O4S2. The lowest BCUT2D eigenvalue weighted by Crippen LogP contribution is -2.38. The number of para-hydroxylation sites is 1. The van der Waals surface area contributed by atoms with E-state index in [1.165, 1.54) is 20.7 Å². The molecule has 6 nitrogen and oxygen atoms in total. The molecule has 2 aliphatic heterocycles. The van der Waals surface area contributed by atoms with Gasteiger partial charge in [-0.1, -0.05) is 18.2 Å². The van der Waals surface area contributed by atoms with Crippen LogP contribution in [0.2, 0.25) is 0 Å². The van der Waals surface area contributed by atoms with Crippen molar-refractivity contribution in [1.29, 1.82) is 0 Å². The molecule has 27 heavy (non-hydrogen) atoms. The van der Waals surface area contributed by atoms with Gasteiger partial charge in [-0.05, 0) is 62.1 Å². The molecule has 0 N–H and O–H groups in total. The molecule has 2 aromatic rings.